The smallest absolute Gasteiger partial charge is 0.243 e. The summed E-state index contributed by atoms with van der Waals surface area (Å²) >= 11 is 1.28. The van der Waals surface area contributed by atoms with Crippen LogP contribution in [0.15, 0.2) is 76.5 Å². The summed E-state index contributed by atoms with van der Waals surface area (Å²) in [5.41, 5.74) is 3.79. The number of hydrogen-bond donors (Lipinski definition) is 2. The first kappa shape index (κ1) is 24.3. The van der Waals surface area contributed by atoms with Gasteiger partial charge in [-0.3, -0.25) is 14.2 Å². The molecule has 0 spiro atoms. The highest BCUT2D eigenvalue weighted by molar-refractivity contribution is 8.00. The van der Waals surface area contributed by atoms with E-state index < -0.39 is 5.25 Å². The predicted octanol–water partition coefficient (Wildman–Crippen LogP) is 4.44. The monoisotopic (exact) mass is 489 g/mol. The lowest BCUT2D eigenvalue weighted by Crippen LogP contribution is -2.37. The summed E-state index contributed by atoms with van der Waals surface area (Å²) < 4.78 is 7.46. The summed E-state index contributed by atoms with van der Waals surface area (Å²) in [5, 5.41) is 14.3. The van der Waals surface area contributed by atoms with Gasteiger partial charge in [-0.15, -0.1) is 10.2 Å². The first-order chi connectivity index (χ1) is 16.9. The van der Waals surface area contributed by atoms with Gasteiger partial charge in [-0.05, 0) is 49.6 Å². The van der Waals surface area contributed by atoms with Gasteiger partial charge in [-0.1, -0.05) is 60.3 Å². The molecule has 0 aliphatic rings. The fourth-order valence-electron chi connectivity index (χ4n) is 3.59. The molecule has 0 aliphatic heterocycles. The highest BCUT2D eigenvalue weighted by Gasteiger charge is 2.22. The number of nitrogens with one attached hydrogen (secondary N) is 2. The summed E-state index contributed by atoms with van der Waals surface area (Å²) in [4.78, 5) is 25.2. The standard InChI is InChI=1S/C26H27N5O3S/c1-17-9-7-10-18(2)23(17)28-22(32)15-27-25(33)19(3)35-26-30-29-24(21-13-8-14-34-21)31(26)16-20-11-5-4-6-12-20/h4-14,19H,15-16H2,1-3H3,(H,27,33)(H,28,32). The summed E-state index contributed by atoms with van der Waals surface area (Å²) in [6.45, 7) is 6.05. The molecule has 2 N–H and O–H groups in total. The van der Waals surface area contributed by atoms with Crippen LogP contribution in [0, 0.1) is 13.8 Å². The van der Waals surface area contributed by atoms with Crippen LogP contribution in [0.25, 0.3) is 11.6 Å². The first-order valence-electron chi connectivity index (χ1n) is 11.2. The molecule has 0 aliphatic carbocycles. The normalized spacial score (nSPS) is 11.7. The van der Waals surface area contributed by atoms with Crippen LogP contribution in [-0.2, 0) is 16.1 Å². The zero-order chi connectivity index (χ0) is 24.8. The van der Waals surface area contributed by atoms with E-state index in [9.17, 15) is 9.59 Å². The number of aromatic nitrogens is 3. The average Bonchev–Trinajstić information content (AvgIpc) is 3.51. The quantitative estimate of drug-likeness (QED) is 0.337. The van der Waals surface area contributed by atoms with Gasteiger partial charge in [0, 0.05) is 5.69 Å². The maximum atomic E-state index is 12.8. The second kappa shape index (κ2) is 11.1. The molecule has 4 aromatic rings. The van der Waals surface area contributed by atoms with Gasteiger partial charge >= 0.3 is 0 Å². The number of furan rings is 1. The van der Waals surface area contributed by atoms with Gasteiger partial charge in [0.15, 0.2) is 10.9 Å². The molecule has 0 fully saturated rings. The molecule has 1 unspecified atom stereocenters. The van der Waals surface area contributed by atoms with Gasteiger partial charge in [0.05, 0.1) is 24.6 Å². The van der Waals surface area contributed by atoms with Crippen molar-refractivity contribution in [3.63, 3.8) is 0 Å². The van der Waals surface area contributed by atoms with E-state index in [-0.39, 0.29) is 18.4 Å². The third kappa shape index (κ3) is 5.99. The van der Waals surface area contributed by atoms with E-state index in [1.165, 1.54) is 11.8 Å². The molecule has 2 amide bonds. The van der Waals surface area contributed by atoms with Crippen LogP contribution in [-0.4, -0.2) is 38.4 Å². The molecule has 2 heterocycles. The number of thioether (sulfide) groups is 1. The number of rotatable bonds is 9. The number of amides is 2. The largest absolute Gasteiger partial charge is 0.461 e. The van der Waals surface area contributed by atoms with Gasteiger partial charge in [0.25, 0.3) is 0 Å². The minimum atomic E-state index is -0.494. The minimum Gasteiger partial charge on any atom is -0.461 e. The van der Waals surface area contributed by atoms with E-state index in [2.05, 4.69) is 20.8 Å². The Morgan fingerprint density at radius 2 is 1.74 bits per heavy atom. The summed E-state index contributed by atoms with van der Waals surface area (Å²) in [6, 6.07) is 19.4. The number of anilines is 1. The van der Waals surface area contributed by atoms with Crippen molar-refractivity contribution in [3.8, 4) is 11.6 Å². The molecule has 8 nitrogen and oxygen atoms in total. The molecule has 0 saturated carbocycles. The van der Waals surface area contributed by atoms with Gasteiger partial charge in [0.2, 0.25) is 17.6 Å². The van der Waals surface area contributed by atoms with Gasteiger partial charge in [0.1, 0.15) is 0 Å². The Labute approximate surface area is 208 Å². The zero-order valence-electron chi connectivity index (χ0n) is 19.8. The van der Waals surface area contributed by atoms with E-state index in [0.29, 0.717) is 23.3 Å². The van der Waals surface area contributed by atoms with Gasteiger partial charge < -0.3 is 15.1 Å². The lowest BCUT2D eigenvalue weighted by molar-refractivity contribution is -0.123. The third-order valence-corrected chi connectivity index (χ3v) is 6.54. The molecule has 1 atom stereocenters. The third-order valence-electron chi connectivity index (χ3n) is 5.46. The minimum absolute atomic E-state index is 0.119. The van der Waals surface area contributed by atoms with E-state index >= 15 is 0 Å². The highest BCUT2D eigenvalue weighted by Crippen LogP contribution is 2.28. The SMILES string of the molecule is Cc1cccc(C)c1NC(=O)CNC(=O)C(C)Sc1nnc(-c2ccco2)n1Cc1ccccc1. The van der Waals surface area contributed by atoms with E-state index in [4.69, 9.17) is 4.42 Å². The molecule has 0 bridgehead atoms. The van der Waals surface area contributed by atoms with E-state index in [0.717, 1.165) is 22.4 Å². The van der Waals surface area contributed by atoms with Crippen LogP contribution < -0.4 is 10.6 Å². The van der Waals surface area contributed by atoms with E-state index in [1.807, 2.05) is 73.0 Å². The van der Waals surface area contributed by atoms with Crippen LogP contribution in [0.5, 0.6) is 0 Å². The van der Waals surface area contributed by atoms with Gasteiger partial charge in [-0.2, -0.15) is 0 Å². The maximum Gasteiger partial charge on any atom is 0.243 e. The molecule has 35 heavy (non-hydrogen) atoms. The Bertz CT molecular complexity index is 1280. The number of hydrogen-bond acceptors (Lipinski definition) is 6. The number of benzene rings is 2. The van der Waals surface area contributed by atoms with Crippen LogP contribution >= 0.6 is 11.8 Å². The lowest BCUT2D eigenvalue weighted by atomic mass is 10.1. The van der Waals surface area contributed by atoms with Crippen LogP contribution in [0.1, 0.15) is 23.6 Å². The summed E-state index contributed by atoms with van der Waals surface area (Å²) in [7, 11) is 0. The summed E-state index contributed by atoms with van der Waals surface area (Å²) in [5.74, 6) is 0.642. The molecule has 180 valence electrons. The number of aryl methyl sites for hydroxylation is 2. The highest BCUT2D eigenvalue weighted by atomic mass is 32.2. The van der Waals surface area contributed by atoms with Crippen LogP contribution in [0.2, 0.25) is 0 Å². The average molecular weight is 490 g/mol. The maximum absolute atomic E-state index is 12.8. The molecule has 4 rings (SSSR count). The molecular weight excluding hydrogens is 462 g/mol. The van der Waals surface area contributed by atoms with Crippen molar-refractivity contribution in [1.29, 1.82) is 0 Å². The van der Waals surface area contributed by atoms with Crippen molar-refractivity contribution in [3.05, 3.63) is 83.6 Å². The molecule has 9 heteroatoms. The second-order valence-corrected chi connectivity index (χ2v) is 9.46. The van der Waals surface area contributed by atoms with Crippen molar-refractivity contribution in [1.82, 2.24) is 20.1 Å². The van der Waals surface area contributed by atoms with Crippen molar-refractivity contribution in [2.24, 2.45) is 0 Å². The molecule has 2 aromatic carbocycles. The zero-order valence-corrected chi connectivity index (χ0v) is 20.6. The topological polar surface area (TPSA) is 102 Å². The number of carbonyl (C=O) groups is 2. The fraction of sp³-hybridized carbons (Fsp3) is 0.231. The molecule has 0 saturated heterocycles. The van der Waals surface area contributed by atoms with Crippen molar-refractivity contribution in [2.45, 2.75) is 37.7 Å². The number of para-hydroxylation sites is 1. The Balaban J connectivity index is 1.42. The van der Waals surface area contributed by atoms with Crippen molar-refractivity contribution < 1.29 is 14.0 Å². The number of carbonyl (C=O) groups excluding carboxylic acids is 2. The Hall–Kier alpha value is -3.85. The van der Waals surface area contributed by atoms with Crippen molar-refractivity contribution in [2.75, 3.05) is 11.9 Å². The van der Waals surface area contributed by atoms with Gasteiger partial charge in [-0.25, -0.2) is 0 Å². The Kier molecular flexibility index (Phi) is 7.67. The van der Waals surface area contributed by atoms with E-state index in [1.54, 1.807) is 19.3 Å². The molecule has 0 radical (unpaired) electrons. The fourth-order valence-corrected chi connectivity index (χ4v) is 4.46. The Morgan fingerprint density at radius 1 is 1.00 bits per heavy atom. The number of nitrogens with zero attached hydrogens (tertiary/aromatic N) is 3. The first-order valence-corrected chi connectivity index (χ1v) is 12.1. The Morgan fingerprint density at radius 3 is 2.43 bits per heavy atom. The summed E-state index contributed by atoms with van der Waals surface area (Å²) in [6.07, 6.45) is 1.59. The molecule has 2 aromatic heterocycles. The lowest BCUT2D eigenvalue weighted by Gasteiger charge is -2.14. The van der Waals surface area contributed by atoms with Crippen LogP contribution in [0.4, 0.5) is 5.69 Å². The van der Waals surface area contributed by atoms with Crippen LogP contribution in [0.3, 0.4) is 0 Å². The molecular formula is C26H27N5O3S. The second-order valence-electron chi connectivity index (χ2n) is 8.15. The predicted molar refractivity (Wildman–Crippen MR) is 136 cm³/mol. The van der Waals surface area contributed by atoms with Crippen molar-refractivity contribution >= 4 is 29.3 Å².